The van der Waals surface area contributed by atoms with Crippen molar-refractivity contribution in [2.45, 2.75) is 65.0 Å². The van der Waals surface area contributed by atoms with Gasteiger partial charge in [-0.15, -0.1) is 0 Å². The molecule has 10 nitrogen and oxygen atoms in total. The number of imidazole rings is 1. The van der Waals surface area contributed by atoms with Crippen molar-refractivity contribution >= 4 is 28.8 Å². The molecule has 1 aliphatic heterocycles. The Hall–Kier alpha value is -3.92. The van der Waals surface area contributed by atoms with Gasteiger partial charge < -0.3 is 25.2 Å². The zero-order valence-corrected chi connectivity index (χ0v) is 24.4. The molecule has 0 aliphatic carbocycles. The van der Waals surface area contributed by atoms with Gasteiger partial charge in [-0.1, -0.05) is 18.2 Å². The molecule has 3 aromatic heterocycles. The monoisotopic (exact) mass is 558 g/mol. The molecule has 0 saturated carbocycles. The summed E-state index contributed by atoms with van der Waals surface area (Å²) in [6, 6.07) is 13.5. The number of carboxylic acids is 1. The van der Waals surface area contributed by atoms with Crippen molar-refractivity contribution < 1.29 is 9.90 Å². The lowest BCUT2D eigenvalue weighted by Crippen LogP contribution is -2.37. The average Bonchev–Trinajstić information content (AvgIpc) is 3.47. The smallest absolute Gasteiger partial charge is 0.326 e. The molecule has 0 radical (unpaired) electrons. The molecular weight excluding hydrogens is 516 g/mol. The largest absolute Gasteiger partial charge is 0.480 e. The predicted octanol–water partition coefficient (Wildman–Crippen LogP) is 4.42. The number of anilines is 2. The topological polar surface area (TPSA) is 113 Å². The van der Waals surface area contributed by atoms with Gasteiger partial charge >= 0.3 is 5.97 Å². The Bertz CT molecular complexity index is 1480. The Balaban J connectivity index is 1.19. The molecule has 4 heterocycles. The lowest BCUT2D eigenvalue weighted by molar-refractivity contribution is -0.138. The van der Waals surface area contributed by atoms with Crippen LogP contribution in [0.2, 0.25) is 0 Å². The van der Waals surface area contributed by atoms with E-state index in [-0.39, 0.29) is 0 Å². The summed E-state index contributed by atoms with van der Waals surface area (Å²) in [7, 11) is 1.91. The molecule has 0 spiro atoms. The fourth-order valence-corrected chi connectivity index (χ4v) is 5.62. The van der Waals surface area contributed by atoms with E-state index in [0.29, 0.717) is 18.9 Å². The van der Waals surface area contributed by atoms with Crippen LogP contribution in [0.15, 0.2) is 42.5 Å². The van der Waals surface area contributed by atoms with Gasteiger partial charge in [0.25, 0.3) is 0 Å². The Labute approximate surface area is 241 Å². The minimum Gasteiger partial charge on any atom is -0.480 e. The molecule has 0 fully saturated rings. The van der Waals surface area contributed by atoms with Gasteiger partial charge in [0, 0.05) is 38.1 Å². The maximum atomic E-state index is 12.2. The van der Waals surface area contributed by atoms with E-state index in [1.165, 1.54) is 5.56 Å². The van der Waals surface area contributed by atoms with Gasteiger partial charge in [0.15, 0.2) is 0 Å². The van der Waals surface area contributed by atoms with Gasteiger partial charge in [-0.3, -0.25) is 4.68 Å². The summed E-state index contributed by atoms with van der Waals surface area (Å²) in [4.78, 5) is 24.1. The van der Waals surface area contributed by atoms with Crippen LogP contribution in [0.3, 0.4) is 0 Å². The second kappa shape index (κ2) is 13.2. The zero-order valence-electron chi connectivity index (χ0n) is 24.4. The number of carbonyl (C=O) groups is 1. The Morgan fingerprint density at radius 1 is 1.12 bits per heavy atom. The Morgan fingerprint density at radius 2 is 1.98 bits per heavy atom. The highest BCUT2D eigenvalue weighted by Crippen LogP contribution is 2.21. The number of hydrogen-bond acceptors (Lipinski definition) is 7. The molecule has 1 aromatic carbocycles. The number of unbranched alkanes of at least 4 members (excludes halogenated alkanes) is 1. The first-order valence-corrected chi connectivity index (χ1v) is 14.7. The molecular formula is C31H42N8O2. The number of aliphatic carboxylic acids is 1. The quantitative estimate of drug-likeness (QED) is 0.195. The van der Waals surface area contributed by atoms with Crippen LogP contribution in [0, 0.1) is 13.8 Å². The van der Waals surface area contributed by atoms with Gasteiger partial charge in [0.2, 0.25) is 5.95 Å². The van der Waals surface area contributed by atoms with Crippen molar-refractivity contribution in [1.29, 1.82) is 0 Å². The van der Waals surface area contributed by atoms with Gasteiger partial charge in [-0.25, -0.2) is 14.8 Å². The summed E-state index contributed by atoms with van der Waals surface area (Å²) < 4.78 is 3.95. The van der Waals surface area contributed by atoms with Crippen molar-refractivity contribution in [1.82, 2.24) is 29.2 Å². The van der Waals surface area contributed by atoms with E-state index < -0.39 is 12.0 Å². The highest BCUT2D eigenvalue weighted by Gasteiger charge is 2.21. The summed E-state index contributed by atoms with van der Waals surface area (Å²) in [6.07, 6.45) is 5.71. The molecule has 1 unspecified atom stereocenters. The first-order chi connectivity index (χ1) is 19.9. The van der Waals surface area contributed by atoms with Crippen molar-refractivity contribution in [3.05, 3.63) is 65.1 Å². The molecule has 41 heavy (non-hydrogen) atoms. The zero-order chi connectivity index (χ0) is 28.8. The molecule has 10 heteroatoms. The van der Waals surface area contributed by atoms with Crippen LogP contribution in [-0.4, -0.2) is 72.5 Å². The van der Waals surface area contributed by atoms with Gasteiger partial charge in [0.05, 0.1) is 23.3 Å². The maximum Gasteiger partial charge on any atom is 0.326 e. The third kappa shape index (κ3) is 7.24. The molecule has 0 bridgehead atoms. The van der Waals surface area contributed by atoms with Crippen molar-refractivity contribution in [3.8, 4) is 0 Å². The number of pyridine rings is 1. The number of para-hydroxylation sites is 2. The Morgan fingerprint density at radius 3 is 2.76 bits per heavy atom. The van der Waals surface area contributed by atoms with E-state index >= 15 is 0 Å². The lowest BCUT2D eigenvalue weighted by atomic mass is 10.1. The van der Waals surface area contributed by atoms with Crippen LogP contribution in [-0.2, 0) is 31.2 Å². The molecule has 0 saturated heterocycles. The van der Waals surface area contributed by atoms with Crippen molar-refractivity contribution in [3.63, 3.8) is 0 Å². The number of aryl methyl sites for hydroxylation is 5. The summed E-state index contributed by atoms with van der Waals surface area (Å²) in [6.45, 7) is 8.21. The van der Waals surface area contributed by atoms with Crippen molar-refractivity contribution in [2.24, 2.45) is 7.05 Å². The summed E-state index contributed by atoms with van der Waals surface area (Å²) in [5.41, 5.74) is 6.41. The number of benzene rings is 1. The Kier molecular flexibility index (Phi) is 9.18. The third-order valence-electron chi connectivity index (χ3n) is 7.96. The summed E-state index contributed by atoms with van der Waals surface area (Å²) in [5.74, 6) is 0.746. The highest BCUT2D eigenvalue weighted by molar-refractivity contribution is 5.81. The molecule has 5 rings (SSSR count). The van der Waals surface area contributed by atoms with Crippen molar-refractivity contribution in [2.75, 3.05) is 36.8 Å². The van der Waals surface area contributed by atoms with Crippen LogP contribution in [0.25, 0.3) is 11.0 Å². The summed E-state index contributed by atoms with van der Waals surface area (Å²) >= 11 is 0. The van der Waals surface area contributed by atoms with Crippen LogP contribution >= 0.6 is 0 Å². The SMILES string of the molecule is Cc1cc(C)n(CCN(CCCCc2ccc3c(n2)NCCC3)CCC(Nc2nc3ccccc3n2C)C(=O)O)n1. The normalized spacial score (nSPS) is 13.8. The lowest BCUT2D eigenvalue weighted by Gasteiger charge is -2.25. The summed E-state index contributed by atoms with van der Waals surface area (Å²) in [5, 5.41) is 21.3. The second-order valence-electron chi connectivity index (χ2n) is 11.1. The van der Waals surface area contributed by atoms with E-state index in [9.17, 15) is 9.90 Å². The van der Waals surface area contributed by atoms with E-state index in [1.54, 1.807) is 0 Å². The van der Waals surface area contributed by atoms with Gasteiger partial charge in [-0.2, -0.15) is 5.10 Å². The number of nitrogens with zero attached hydrogens (tertiary/aromatic N) is 6. The second-order valence-corrected chi connectivity index (χ2v) is 11.1. The molecule has 1 atom stereocenters. The molecule has 218 valence electrons. The number of rotatable bonds is 14. The van der Waals surface area contributed by atoms with Crippen LogP contribution in [0.4, 0.5) is 11.8 Å². The highest BCUT2D eigenvalue weighted by atomic mass is 16.4. The van der Waals surface area contributed by atoms with E-state index in [1.807, 2.05) is 47.5 Å². The maximum absolute atomic E-state index is 12.2. The fourth-order valence-electron chi connectivity index (χ4n) is 5.62. The number of fused-ring (bicyclic) bond motifs is 2. The first kappa shape index (κ1) is 28.6. The van der Waals surface area contributed by atoms with Gasteiger partial charge in [-0.05, 0) is 88.7 Å². The average molecular weight is 559 g/mol. The fraction of sp³-hybridized carbons (Fsp3) is 0.484. The van der Waals surface area contributed by atoms with Crippen LogP contribution in [0.5, 0.6) is 0 Å². The van der Waals surface area contributed by atoms with E-state index in [4.69, 9.17) is 4.98 Å². The van der Waals surface area contributed by atoms with Gasteiger partial charge in [0.1, 0.15) is 11.9 Å². The number of nitrogens with one attached hydrogen (secondary N) is 2. The van der Waals surface area contributed by atoms with Crippen LogP contribution < -0.4 is 10.6 Å². The number of carboxylic acid groups (broad SMARTS) is 1. The number of hydrogen-bond donors (Lipinski definition) is 3. The standard InChI is InChI=1S/C31H42N8O2/c1-22-21-23(2)39(36-22)20-19-38(17-7-6-10-25-14-13-24-9-8-16-32-29(24)33-25)18-15-27(30(40)41)35-31-34-26-11-4-5-12-28(26)37(31)3/h4-5,11-14,21,27H,6-10,15-20H2,1-3H3,(H,32,33)(H,34,35)(H,40,41). The number of aromatic nitrogens is 5. The third-order valence-corrected chi connectivity index (χ3v) is 7.96. The minimum absolute atomic E-state index is 0.466. The van der Waals surface area contributed by atoms with E-state index in [0.717, 1.165) is 92.2 Å². The molecule has 4 aromatic rings. The molecule has 0 amide bonds. The first-order valence-electron chi connectivity index (χ1n) is 14.7. The molecule has 3 N–H and O–H groups in total. The minimum atomic E-state index is -0.873. The molecule has 1 aliphatic rings. The van der Waals surface area contributed by atoms with E-state index in [2.05, 4.69) is 50.7 Å². The van der Waals surface area contributed by atoms with Crippen LogP contribution in [0.1, 0.15) is 48.3 Å². The predicted molar refractivity (Wildman–Crippen MR) is 163 cm³/mol.